The molecule has 0 radical (unpaired) electrons. The predicted molar refractivity (Wildman–Crippen MR) is 102 cm³/mol. The summed E-state index contributed by atoms with van der Waals surface area (Å²) < 4.78 is 31.4. The number of ether oxygens (including phenoxy) is 1. The quantitative estimate of drug-likeness (QED) is 0.419. The number of benzene rings is 2. The fraction of sp³-hybridized carbons (Fsp3) is 0.118. The van der Waals surface area contributed by atoms with E-state index in [4.69, 9.17) is 4.74 Å². The van der Waals surface area contributed by atoms with Gasteiger partial charge in [-0.1, -0.05) is 6.58 Å². The molecule has 0 unspecified atom stereocenters. The van der Waals surface area contributed by atoms with E-state index in [9.17, 15) is 23.3 Å². The summed E-state index contributed by atoms with van der Waals surface area (Å²) >= 11 is 0. The van der Waals surface area contributed by atoms with Crippen molar-refractivity contribution in [2.75, 3.05) is 13.7 Å². The highest BCUT2D eigenvalue weighted by atomic mass is 32.2. The Kier molecular flexibility index (Phi) is 6.69. The van der Waals surface area contributed by atoms with Gasteiger partial charge in [-0.3, -0.25) is 25.8 Å². The van der Waals surface area contributed by atoms with Gasteiger partial charge >= 0.3 is 0 Å². The molecule has 0 saturated heterocycles. The van der Waals surface area contributed by atoms with E-state index in [0.29, 0.717) is 17.0 Å². The molecule has 0 spiro atoms. The largest absolute Gasteiger partial charge is 0.497 e. The van der Waals surface area contributed by atoms with Gasteiger partial charge in [0, 0.05) is 12.1 Å². The maximum atomic E-state index is 12.1. The Bertz CT molecular complexity index is 972. The fourth-order valence-electron chi connectivity index (χ4n) is 2.04. The summed E-state index contributed by atoms with van der Waals surface area (Å²) in [4.78, 5) is 21.6. The number of nitrogens with one attached hydrogen (secondary N) is 3. The van der Waals surface area contributed by atoms with E-state index in [0.717, 1.165) is 24.3 Å². The van der Waals surface area contributed by atoms with Crippen molar-refractivity contribution in [3.8, 4) is 5.75 Å². The third-order valence-corrected chi connectivity index (χ3v) is 4.99. The Morgan fingerprint density at radius 2 is 1.71 bits per heavy atom. The first kappa shape index (κ1) is 20.9. The second kappa shape index (κ2) is 8.97. The lowest BCUT2D eigenvalue weighted by molar-refractivity contribution is -0.384. The van der Waals surface area contributed by atoms with Gasteiger partial charge in [-0.05, 0) is 42.0 Å². The van der Waals surface area contributed by atoms with Gasteiger partial charge in [-0.2, -0.15) is 0 Å². The number of rotatable bonds is 9. The van der Waals surface area contributed by atoms with Crippen LogP contribution in [0.2, 0.25) is 0 Å². The lowest BCUT2D eigenvalue weighted by Crippen LogP contribution is -2.42. The number of carbonyl (C=O) groups excluding carboxylic acids is 1. The molecule has 0 aliphatic rings. The molecule has 0 saturated carbocycles. The lowest BCUT2D eigenvalue weighted by atomic mass is 10.2. The van der Waals surface area contributed by atoms with E-state index in [2.05, 4.69) is 22.2 Å². The fourth-order valence-corrected chi connectivity index (χ4v) is 3.03. The smallest absolute Gasteiger partial charge is 0.269 e. The Morgan fingerprint density at radius 3 is 2.25 bits per heavy atom. The number of non-ortho nitro benzene ring substituents is 1. The van der Waals surface area contributed by atoms with Crippen molar-refractivity contribution in [2.24, 2.45) is 0 Å². The van der Waals surface area contributed by atoms with Crippen molar-refractivity contribution >= 4 is 27.3 Å². The molecule has 2 aromatic carbocycles. The summed E-state index contributed by atoms with van der Waals surface area (Å²) in [5.41, 5.74) is 5.77. The molecule has 28 heavy (non-hydrogen) atoms. The number of nitro groups is 1. The average Bonchev–Trinajstić information content (AvgIpc) is 2.70. The monoisotopic (exact) mass is 406 g/mol. The number of nitrogens with zero attached hydrogens (tertiary/aromatic N) is 1. The van der Waals surface area contributed by atoms with Crippen LogP contribution in [0.3, 0.4) is 0 Å². The standard InChI is InChI=1S/C17H18N4O6S/c1-12(13-3-7-15(27-2)8-4-13)19-20-17(22)11-18-28(25,26)16-9-5-14(6-10-16)21(23)24/h3-10,18-19H,1,11H2,2H3,(H,20,22). The Morgan fingerprint density at radius 1 is 1.11 bits per heavy atom. The van der Waals surface area contributed by atoms with E-state index in [1.165, 1.54) is 0 Å². The van der Waals surface area contributed by atoms with Crippen LogP contribution in [0.5, 0.6) is 5.75 Å². The van der Waals surface area contributed by atoms with Gasteiger partial charge in [0.05, 0.1) is 29.2 Å². The highest BCUT2D eigenvalue weighted by Crippen LogP contribution is 2.16. The minimum Gasteiger partial charge on any atom is -0.497 e. The van der Waals surface area contributed by atoms with Gasteiger partial charge in [0.1, 0.15) is 5.75 Å². The van der Waals surface area contributed by atoms with Gasteiger partial charge in [-0.15, -0.1) is 0 Å². The molecule has 0 aromatic heterocycles. The number of methoxy groups -OCH3 is 1. The minimum absolute atomic E-state index is 0.193. The van der Waals surface area contributed by atoms with Crippen molar-refractivity contribution in [2.45, 2.75) is 4.90 Å². The van der Waals surface area contributed by atoms with Crippen LogP contribution in [-0.2, 0) is 14.8 Å². The molecule has 2 rings (SSSR count). The predicted octanol–water partition coefficient (Wildman–Crippen LogP) is 1.17. The molecule has 0 atom stereocenters. The van der Waals surface area contributed by atoms with E-state index in [1.807, 2.05) is 0 Å². The molecule has 1 amide bonds. The molecule has 148 valence electrons. The van der Waals surface area contributed by atoms with Crippen molar-refractivity contribution in [1.29, 1.82) is 0 Å². The number of hydrogen-bond donors (Lipinski definition) is 3. The zero-order chi connectivity index (χ0) is 20.7. The topological polar surface area (TPSA) is 140 Å². The van der Waals surface area contributed by atoms with Crippen molar-refractivity contribution in [3.63, 3.8) is 0 Å². The van der Waals surface area contributed by atoms with Gasteiger partial charge in [0.15, 0.2) is 0 Å². The third kappa shape index (κ3) is 5.53. The molecule has 0 aliphatic carbocycles. The number of amides is 1. The average molecular weight is 406 g/mol. The Balaban J connectivity index is 1.86. The van der Waals surface area contributed by atoms with E-state index in [1.54, 1.807) is 31.4 Å². The van der Waals surface area contributed by atoms with E-state index >= 15 is 0 Å². The second-order valence-electron chi connectivity index (χ2n) is 5.46. The van der Waals surface area contributed by atoms with Crippen LogP contribution < -0.4 is 20.3 Å². The first-order valence-electron chi connectivity index (χ1n) is 7.85. The Labute approximate surface area is 161 Å². The van der Waals surface area contributed by atoms with E-state index < -0.39 is 27.4 Å². The van der Waals surface area contributed by atoms with Crippen LogP contribution in [0.1, 0.15) is 5.56 Å². The molecule has 0 heterocycles. The van der Waals surface area contributed by atoms with Crippen molar-refractivity contribution in [1.82, 2.24) is 15.6 Å². The highest BCUT2D eigenvalue weighted by Gasteiger charge is 2.17. The number of sulfonamides is 1. The van der Waals surface area contributed by atoms with E-state index in [-0.39, 0.29) is 10.6 Å². The normalized spacial score (nSPS) is 10.8. The van der Waals surface area contributed by atoms with Gasteiger partial charge in [0.25, 0.3) is 11.6 Å². The molecule has 10 nitrogen and oxygen atoms in total. The van der Waals surface area contributed by atoms with Crippen LogP contribution in [0.4, 0.5) is 5.69 Å². The zero-order valence-electron chi connectivity index (χ0n) is 14.8. The van der Waals surface area contributed by atoms with Crippen LogP contribution >= 0.6 is 0 Å². The highest BCUT2D eigenvalue weighted by molar-refractivity contribution is 7.89. The third-order valence-electron chi connectivity index (χ3n) is 3.57. The summed E-state index contributed by atoms with van der Waals surface area (Å²) in [6, 6.07) is 11.2. The summed E-state index contributed by atoms with van der Waals surface area (Å²) in [5, 5.41) is 10.6. The number of hydrogen-bond acceptors (Lipinski definition) is 7. The molecule has 3 N–H and O–H groups in total. The summed E-state index contributed by atoms with van der Waals surface area (Å²) in [5.74, 6) is 0.0152. The first-order valence-corrected chi connectivity index (χ1v) is 9.33. The zero-order valence-corrected chi connectivity index (χ0v) is 15.7. The molecule has 11 heteroatoms. The van der Waals surface area contributed by atoms with Crippen molar-refractivity contribution in [3.05, 3.63) is 70.8 Å². The molecule has 0 aliphatic heterocycles. The molecular formula is C17H18N4O6S. The summed E-state index contributed by atoms with van der Waals surface area (Å²) in [6.07, 6.45) is 0. The van der Waals surface area contributed by atoms with Crippen LogP contribution in [0.25, 0.3) is 5.70 Å². The van der Waals surface area contributed by atoms with Crippen molar-refractivity contribution < 1.29 is 22.9 Å². The molecule has 0 fully saturated rings. The maximum Gasteiger partial charge on any atom is 0.269 e. The number of carbonyl (C=O) groups is 1. The molecular weight excluding hydrogens is 388 g/mol. The number of hydrazine groups is 1. The second-order valence-corrected chi connectivity index (χ2v) is 7.22. The molecule has 2 aromatic rings. The van der Waals surface area contributed by atoms with Gasteiger partial charge < -0.3 is 4.74 Å². The first-order chi connectivity index (χ1) is 13.2. The van der Waals surface area contributed by atoms with Crippen LogP contribution in [-0.4, -0.2) is 32.9 Å². The van der Waals surface area contributed by atoms with Crippen LogP contribution in [0, 0.1) is 10.1 Å². The minimum atomic E-state index is -3.99. The maximum absolute atomic E-state index is 12.1. The van der Waals surface area contributed by atoms with Gasteiger partial charge in [-0.25, -0.2) is 13.1 Å². The Hall–Kier alpha value is -3.44. The molecule has 0 bridgehead atoms. The summed E-state index contributed by atoms with van der Waals surface area (Å²) in [6.45, 7) is 3.23. The van der Waals surface area contributed by atoms with Gasteiger partial charge in [0.2, 0.25) is 10.0 Å². The SMILES string of the molecule is C=C(NNC(=O)CNS(=O)(=O)c1ccc([N+](=O)[O-])cc1)c1ccc(OC)cc1. The lowest BCUT2D eigenvalue weighted by Gasteiger charge is -2.12. The number of nitro benzene ring substituents is 1. The summed E-state index contributed by atoms with van der Waals surface area (Å²) in [7, 11) is -2.45. The van der Waals surface area contributed by atoms with Crippen LogP contribution in [0.15, 0.2) is 60.0 Å².